The van der Waals surface area contributed by atoms with Gasteiger partial charge >= 0.3 is 12.0 Å². The molecule has 37 heavy (non-hydrogen) atoms. The van der Waals surface area contributed by atoms with Gasteiger partial charge in [-0.3, -0.25) is 15.5 Å². The number of carbonyl (C=O) groups excluding carboxylic acids is 3. The van der Waals surface area contributed by atoms with Crippen LogP contribution < -0.4 is 25.8 Å². The number of carbonyl (C=O) groups is 3. The van der Waals surface area contributed by atoms with Crippen LogP contribution in [0.3, 0.4) is 0 Å². The molecule has 0 aliphatic carbocycles. The first kappa shape index (κ1) is 29.1. The number of nitrogen functional groups attached to an aromatic ring is 1. The molecule has 0 aliphatic rings. The van der Waals surface area contributed by atoms with Crippen LogP contribution >= 0.6 is 0 Å². The Morgan fingerprint density at radius 3 is 2.05 bits per heavy atom. The van der Waals surface area contributed by atoms with E-state index in [0.29, 0.717) is 11.3 Å². The maximum Gasteiger partial charge on any atom is 0.344 e. The molecule has 0 bridgehead atoms. The molecular weight excluding hydrogens is 480 g/mol. The smallest absolute Gasteiger partial charge is 0.344 e. The number of amidine groups is 1. The Morgan fingerprint density at radius 1 is 0.865 bits per heavy atom. The molecule has 11 heteroatoms. The van der Waals surface area contributed by atoms with Crippen molar-refractivity contribution in [2.24, 2.45) is 5.73 Å². The SMILES string of the molecule is CC(C)(C)OCOc1cc(NC(=O)NC(=O)c2ccc(C(=N)N)cc2)ccc1OCC(=O)OC(C)(C)C. The molecule has 5 N–H and O–H groups in total. The second-order valence-electron chi connectivity index (χ2n) is 9.95. The van der Waals surface area contributed by atoms with Gasteiger partial charge in [0, 0.05) is 22.9 Å². The molecule has 3 amide bonds. The van der Waals surface area contributed by atoms with Gasteiger partial charge in [-0.2, -0.15) is 0 Å². The van der Waals surface area contributed by atoms with Crippen LogP contribution in [0.15, 0.2) is 42.5 Å². The third kappa shape index (κ3) is 10.6. The van der Waals surface area contributed by atoms with Crippen LogP contribution in [-0.2, 0) is 14.3 Å². The summed E-state index contributed by atoms with van der Waals surface area (Å²) in [6, 6.07) is 9.65. The average Bonchev–Trinajstić information content (AvgIpc) is 2.76. The highest BCUT2D eigenvalue weighted by Gasteiger charge is 2.19. The third-order valence-electron chi connectivity index (χ3n) is 4.36. The normalized spacial score (nSPS) is 11.3. The molecule has 0 heterocycles. The van der Waals surface area contributed by atoms with Crippen LogP contribution in [-0.4, -0.2) is 48.3 Å². The van der Waals surface area contributed by atoms with Crippen molar-refractivity contribution in [2.45, 2.75) is 52.7 Å². The minimum Gasteiger partial charge on any atom is -0.478 e. The highest BCUT2D eigenvalue weighted by Crippen LogP contribution is 2.31. The first-order valence-electron chi connectivity index (χ1n) is 11.5. The van der Waals surface area contributed by atoms with Crippen molar-refractivity contribution in [3.63, 3.8) is 0 Å². The zero-order valence-electron chi connectivity index (χ0n) is 21.9. The molecule has 0 aliphatic heterocycles. The molecule has 11 nitrogen and oxygen atoms in total. The number of hydrogen-bond donors (Lipinski definition) is 4. The van der Waals surface area contributed by atoms with Crippen molar-refractivity contribution in [1.29, 1.82) is 5.41 Å². The van der Waals surface area contributed by atoms with Crippen molar-refractivity contribution < 1.29 is 33.3 Å². The van der Waals surface area contributed by atoms with Gasteiger partial charge in [0.05, 0.1) is 5.60 Å². The number of amides is 3. The lowest BCUT2D eigenvalue weighted by Crippen LogP contribution is -2.34. The lowest BCUT2D eigenvalue weighted by atomic mass is 10.1. The summed E-state index contributed by atoms with van der Waals surface area (Å²) >= 11 is 0. The van der Waals surface area contributed by atoms with Gasteiger partial charge in [-0.1, -0.05) is 12.1 Å². The van der Waals surface area contributed by atoms with E-state index in [1.54, 1.807) is 20.8 Å². The molecule has 2 aromatic carbocycles. The Balaban J connectivity index is 2.09. The maximum absolute atomic E-state index is 12.4. The number of ether oxygens (including phenoxy) is 4. The van der Waals surface area contributed by atoms with E-state index in [0.717, 1.165) is 0 Å². The van der Waals surface area contributed by atoms with Gasteiger partial charge in [0.15, 0.2) is 24.9 Å². The van der Waals surface area contributed by atoms with E-state index in [4.69, 9.17) is 30.1 Å². The molecule has 0 fully saturated rings. The van der Waals surface area contributed by atoms with Crippen LogP contribution in [0.5, 0.6) is 11.5 Å². The summed E-state index contributed by atoms with van der Waals surface area (Å²) in [4.78, 5) is 36.8. The average molecular weight is 515 g/mol. The quantitative estimate of drug-likeness (QED) is 0.170. The summed E-state index contributed by atoms with van der Waals surface area (Å²) in [5, 5.41) is 12.2. The highest BCUT2D eigenvalue weighted by atomic mass is 16.7. The number of esters is 1. The fourth-order valence-electron chi connectivity index (χ4n) is 2.73. The molecule has 2 rings (SSSR count). The molecule has 0 unspecified atom stereocenters. The fourth-order valence-corrected chi connectivity index (χ4v) is 2.73. The number of nitrogens with two attached hydrogens (primary N) is 1. The lowest BCUT2D eigenvalue weighted by molar-refractivity contribution is -0.157. The Labute approximate surface area is 216 Å². The second-order valence-corrected chi connectivity index (χ2v) is 9.95. The number of hydrogen-bond acceptors (Lipinski definition) is 8. The van der Waals surface area contributed by atoms with Crippen LogP contribution in [0.2, 0.25) is 0 Å². The van der Waals surface area contributed by atoms with Crippen molar-refractivity contribution in [2.75, 3.05) is 18.7 Å². The Kier molecular flexibility index (Phi) is 9.61. The Morgan fingerprint density at radius 2 is 1.49 bits per heavy atom. The predicted octanol–water partition coefficient (Wildman–Crippen LogP) is 3.80. The first-order chi connectivity index (χ1) is 17.1. The maximum atomic E-state index is 12.4. The van der Waals surface area contributed by atoms with Crippen LogP contribution in [0.1, 0.15) is 57.5 Å². The number of rotatable bonds is 9. The zero-order chi connectivity index (χ0) is 27.8. The van der Waals surface area contributed by atoms with E-state index in [1.807, 2.05) is 20.8 Å². The molecule has 2 aromatic rings. The van der Waals surface area contributed by atoms with Gasteiger partial charge < -0.3 is 30.0 Å². The number of anilines is 1. The van der Waals surface area contributed by atoms with Crippen molar-refractivity contribution in [1.82, 2.24) is 5.32 Å². The summed E-state index contributed by atoms with van der Waals surface area (Å²) in [5.74, 6) is -0.886. The van der Waals surface area contributed by atoms with Gasteiger partial charge in [-0.25, -0.2) is 9.59 Å². The molecule has 0 atom stereocenters. The topological polar surface area (TPSA) is 162 Å². The van der Waals surface area contributed by atoms with Crippen LogP contribution in [0.4, 0.5) is 10.5 Å². The number of imide groups is 1. The predicted molar refractivity (Wildman–Crippen MR) is 138 cm³/mol. The van der Waals surface area contributed by atoms with Crippen molar-refractivity contribution >= 4 is 29.4 Å². The highest BCUT2D eigenvalue weighted by molar-refractivity contribution is 6.08. The monoisotopic (exact) mass is 514 g/mol. The van der Waals surface area contributed by atoms with Gasteiger partial charge in [-0.05, 0) is 65.8 Å². The van der Waals surface area contributed by atoms with Crippen molar-refractivity contribution in [3.05, 3.63) is 53.6 Å². The van der Waals surface area contributed by atoms with E-state index < -0.39 is 29.1 Å². The minimum atomic E-state index is -0.778. The summed E-state index contributed by atoms with van der Waals surface area (Å²) in [6.07, 6.45) is 0. The zero-order valence-corrected chi connectivity index (χ0v) is 21.9. The van der Waals surface area contributed by atoms with Gasteiger partial charge in [0.1, 0.15) is 11.4 Å². The molecule has 0 radical (unpaired) electrons. The van der Waals surface area contributed by atoms with Gasteiger partial charge in [0.2, 0.25) is 0 Å². The molecular formula is C26H34N4O7. The first-order valence-corrected chi connectivity index (χ1v) is 11.5. The molecule has 0 spiro atoms. The molecule has 200 valence electrons. The fraction of sp³-hybridized carbons (Fsp3) is 0.385. The van der Waals surface area contributed by atoms with Crippen molar-refractivity contribution in [3.8, 4) is 11.5 Å². The second kappa shape index (κ2) is 12.2. The standard InChI is InChI=1S/C26H34N4O7/c1-25(2,3)36-15-35-20-13-18(11-12-19(20)34-14-21(31)37-26(4,5)6)29-24(33)30-23(32)17-9-7-16(8-10-17)22(27)28/h7-13H,14-15H2,1-6H3,(H3,27,28)(H2,29,30,32,33). The largest absolute Gasteiger partial charge is 0.478 e. The number of urea groups is 1. The molecule has 0 saturated carbocycles. The lowest BCUT2D eigenvalue weighted by Gasteiger charge is -2.21. The van der Waals surface area contributed by atoms with E-state index in [9.17, 15) is 14.4 Å². The summed E-state index contributed by atoms with van der Waals surface area (Å²) in [5.41, 5.74) is 5.26. The van der Waals surface area contributed by atoms with Crippen LogP contribution in [0, 0.1) is 5.41 Å². The third-order valence-corrected chi connectivity index (χ3v) is 4.36. The van der Waals surface area contributed by atoms with Gasteiger partial charge in [0.25, 0.3) is 5.91 Å². The van der Waals surface area contributed by atoms with E-state index in [1.165, 1.54) is 42.5 Å². The summed E-state index contributed by atoms with van der Waals surface area (Å²) in [7, 11) is 0. The Bertz CT molecular complexity index is 1130. The minimum absolute atomic E-state index is 0.114. The number of benzene rings is 2. The Hall–Kier alpha value is -4.12. The number of nitrogens with one attached hydrogen (secondary N) is 3. The van der Waals surface area contributed by atoms with Gasteiger partial charge in [-0.15, -0.1) is 0 Å². The molecule has 0 aromatic heterocycles. The summed E-state index contributed by atoms with van der Waals surface area (Å²) in [6.45, 7) is 10.4. The summed E-state index contributed by atoms with van der Waals surface area (Å²) < 4.78 is 22.1. The van der Waals surface area contributed by atoms with E-state index in [-0.39, 0.29) is 36.3 Å². The molecule has 0 saturated heterocycles. The van der Waals surface area contributed by atoms with E-state index >= 15 is 0 Å². The van der Waals surface area contributed by atoms with Crippen LogP contribution in [0.25, 0.3) is 0 Å². The van der Waals surface area contributed by atoms with E-state index in [2.05, 4.69) is 10.6 Å².